The molecule has 0 atom stereocenters. The van der Waals surface area contributed by atoms with Crippen LogP contribution in [0.2, 0.25) is 0 Å². The zero-order valence-electron chi connectivity index (χ0n) is 17.1. The third-order valence-corrected chi connectivity index (χ3v) is 6.88. The normalized spacial score (nSPS) is 20.9. The summed E-state index contributed by atoms with van der Waals surface area (Å²) in [4.78, 5) is 4.68. The summed E-state index contributed by atoms with van der Waals surface area (Å²) in [6.45, 7) is 6.95. The van der Waals surface area contributed by atoms with E-state index in [-0.39, 0.29) is 16.4 Å². The summed E-state index contributed by atoms with van der Waals surface area (Å²) in [7, 11) is -3.56. The van der Waals surface area contributed by atoms with Gasteiger partial charge in [-0.1, -0.05) is 20.8 Å². The molecule has 0 spiro atoms. The maximum Gasteiger partial charge on any atom is 0.243 e. The van der Waals surface area contributed by atoms with Gasteiger partial charge < -0.3 is 4.42 Å². The molecule has 7 nitrogen and oxygen atoms in total. The Labute approximate surface area is 171 Å². The fourth-order valence-electron chi connectivity index (χ4n) is 4.04. The van der Waals surface area contributed by atoms with Crippen LogP contribution < -0.4 is 4.72 Å². The van der Waals surface area contributed by atoms with Crippen LogP contribution in [0.15, 0.2) is 46.3 Å². The third-order valence-electron chi connectivity index (χ3n) is 5.40. The Kier molecular flexibility index (Phi) is 5.25. The molecule has 3 aromatic heterocycles. The van der Waals surface area contributed by atoms with Gasteiger partial charge in [-0.15, -0.1) is 0 Å². The third kappa shape index (κ3) is 4.53. The standard InChI is InChI=1S/C21H28N4O3S/c1-21(2,3)14-25-12-17(11-23-25)29(26,27)24-16-8-6-15(7-9-16)18-13-28-19-5-4-10-22-20(18)19/h4-5,10-13,15-16,24H,6-9,14H2,1-3H3. The maximum absolute atomic E-state index is 12.8. The van der Waals surface area contributed by atoms with Crippen molar-refractivity contribution in [2.24, 2.45) is 5.41 Å². The molecule has 8 heteroatoms. The van der Waals surface area contributed by atoms with Crippen LogP contribution in [-0.2, 0) is 16.6 Å². The molecule has 1 aliphatic rings. The van der Waals surface area contributed by atoms with E-state index in [1.807, 2.05) is 12.1 Å². The molecule has 4 rings (SSSR count). The molecule has 3 aromatic rings. The predicted molar refractivity (Wildman–Crippen MR) is 111 cm³/mol. The average molecular weight is 417 g/mol. The number of hydrogen-bond donors (Lipinski definition) is 1. The first-order valence-electron chi connectivity index (χ1n) is 10.1. The zero-order chi connectivity index (χ0) is 20.6. The molecule has 0 bridgehead atoms. The number of rotatable bonds is 5. The van der Waals surface area contributed by atoms with E-state index < -0.39 is 10.0 Å². The highest BCUT2D eigenvalue weighted by Gasteiger charge is 2.29. The Morgan fingerprint density at radius 1 is 1.24 bits per heavy atom. The average Bonchev–Trinajstić information content (AvgIpc) is 3.28. The van der Waals surface area contributed by atoms with Crippen LogP contribution in [-0.4, -0.2) is 29.2 Å². The monoisotopic (exact) mass is 416 g/mol. The van der Waals surface area contributed by atoms with E-state index in [0.717, 1.165) is 42.3 Å². The highest BCUT2D eigenvalue weighted by atomic mass is 32.2. The first kappa shape index (κ1) is 20.1. The lowest BCUT2D eigenvalue weighted by molar-refractivity contribution is 0.325. The quantitative estimate of drug-likeness (QED) is 0.677. The van der Waals surface area contributed by atoms with Crippen molar-refractivity contribution in [2.45, 2.75) is 69.9 Å². The van der Waals surface area contributed by atoms with Crippen molar-refractivity contribution in [3.63, 3.8) is 0 Å². The van der Waals surface area contributed by atoms with Gasteiger partial charge in [0, 0.05) is 30.5 Å². The fraction of sp³-hybridized carbons (Fsp3) is 0.524. The Morgan fingerprint density at radius 2 is 2.00 bits per heavy atom. The van der Waals surface area contributed by atoms with Crippen LogP contribution in [0.25, 0.3) is 11.1 Å². The molecule has 0 unspecified atom stereocenters. The molecule has 0 aromatic carbocycles. The summed E-state index contributed by atoms with van der Waals surface area (Å²) in [5.41, 5.74) is 2.89. The van der Waals surface area contributed by atoms with Gasteiger partial charge in [-0.3, -0.25) is 9.67 Å². The number of fused-ring (bicyclic) bond motifs is 1. The van der Waals surface area contributed by atoms with E-state index in [4.69, 9.17) is 4.42 Å². The van der Waals surface area contributed by atoms with Gasteiger partial charge in [0.2, 0.25) is 10.0 Å². The summed E-state index contributed by atoms with van der Waals surface area (Å²) in [5, 5.41) is 4.22. The van der Waals surface area contributed by atoms with E-state index in [2.05, 4.69) is 35.6 Å². The van der Waals surface area contributed by atoms with Crippen molar-refractivity contribution in [2.75, 3.05) is 0 Å². The van der Waals surface area contributed by atoms with Crippen LogP contribution in [0, 0.1) is 5.41 Å². The topological polar surface area (TPSA) is 90.0 Å². The molecule has 1 saturated carbocycles. The first-order chi connectivity index (χ1) is 13.7. The molecule has 0 saturated heterocycles. The Balaban J connectivity index is 1.39. The Bertz CT molecular complexity index is 1090. The second-order valence-corrected chi connectivity index (χ2v) is 10.9. The molecule has 1 aliphatic carbocycles. The minimum atomic E-state index is -3.56. The number of sulfonamides is 1. The van der Waals surface area contributed by atoms with Crippen molar-refractivity contribution in [3.05, 3.63) is 42.5 Å². The van der Waals surface area contributed by atoms with Gasteiger partial charge in [-0.25, -0.2) is 13.1 Å². The minimum absolute atomic E-state index is 0.0327. The first-order valence-corrected chi connectivity index (χ1v) is 11.6. The number of hydrogen-bond acceptors (Lipinski definition) is 5. The summed E-state index contributed by atoms with van der Waals surface area (Å²) in [6.07, 6.45) is 10.0. The number of furan rings is 1. The van der Waals surface area contributed by atoms with Gasteiger partial charge in [0.1, 0.15) is 10.4 Å². The number of nitrogens with one attached hydrogen (secondary N) is 1. The van der Waals surface area contributed by atoms with Crippen LogP contribution in [0.4, 0.5) is 0 Å². The van der Waals surface area contributed by atoms with Gasteiger partial charge in [0.15, 0.2) is 5.58 Å². The Morgan fingerprint density at radius 3 is 2.72 bits per heavy atom. The molecule has 3 heterocycles. The van der Waals surface area contributed by atoms with Crippen LogP contribution in [0.3, 0.4) is 0 Å². The minimum Gasteiger partial charge on any atom is -0.462 e. The summed E-state index contributed by atoms with van der Waals surface area (Å²) >= 11 is 0. The largest absolute Gasteiger partial charge is 0.462 e. The molecule has 156 valence electrons. The van der Waals surface area contributed by atoms with Crippen molar-refractivity contribution in [3.8, 4) is 0 Å². The summed E-state index contributed by atoms with van der Waals surface area (Å²) in [5.74, 6) is 0.349. The van der Waals surface area contributed by atoms with Crippen molar-refractivity contribution >= 4 is 21.1 Å². The Hall–Kier alpha value is -2.19. The highest BCUT2D eigenvalue weighted by molar-refractivity contribution is 7.89. The van der Waals surface area contributed by atoms with Crippen LogP contribution in [0.5, 0.6) is 0 Å². The predicted octanol–water partition coefficient (Wildman–Crippen LogP) is 4.08. The lowest BCUT2D eigenvalue weighted by Gasteiger charge is -2.28. The lowest BCUT2D eigenvalue weighted by atomic mass is 9.82. The maximum atomic E-state index is 12.8. The molecule has 29 heavy (non-hydrogen) atoms. The zero-order valence-corrected chi connectivity index (χ0v) is 17.9. The molecular formula is C21H28N4O3S. The molecular weight excluding hydrogens is 388 g/mol. The second kappa shape index (κ2) is 7.57. The molecule has 0 radical (unpaired) electrons. The number of aromatic nitrogens is 3. The van der Waals surface area contributed by atoms with Crippen molar-refractivity contribution in [1.82, 2.24) is 19.5 Å². The van der Waals surface area contributed by atoms with Gasteiger partial charge >= 0.3 is 0 Å². The fourth-order valence-corrected chi connectivity index (χ4v) is 5.30. The number of nitrogens with zero attached hydrogens (tertiary/aromatic N) is 3. The SMILES string of the molecule is CC(C)(C)Cn1cc(S(=O)(=O)NC2CCC(c3coc4cccnc34)CC2)cn1. The number of pyridine rings is 1. The smallest absolute Gasteiger partial charge is 0.243 e. The van der Waals surface area contributed by atoms with E-state index in [1.165, 1.54) is 6.20 Å². The molecule has 0 aliphatic heterocycles. The van der Waals surface area contributed by atoms with Crippen molar-refractivity contribution < 1.29 is 12.8 Å². The van der Waals surface area contributed by atoms with E-state index in [1.54, 1.807) is 23.3 Å². The van der Waals surface area contributed by atoms with Crippen LogP contribution >= 0.6 is 0 Å². The molecule has 1 N–H and O–H groups in total. The van der Waals surface area contributed by atoms with E-state index >= 15 is 0 Å². The highest BCUT2D eigenvalue weighted by Crippen LogP contribution is 2.37. The van der Waals surface area contributed by atoms with E-state index in [0.29, 0.717) is 12.5 Å². The van der Waals surface area contributed by atoms with Crippen molar-refractivity contribution in [1.29, 1.82) is 0 Å². The van der Waals surface area contributed by atoms with Gasteiger partial charge in [0.25, 0.3) is 0 Å². The van der Waals surface area contributed by atoms with Crippen LogP contribution in [0.1, 0.15) is 57.9 Å². The molecule has 0 amide bonds. The van der Waals surface area contributed by atoms with Gasteiger partial charge in [-0.2, -0.15) is 5.10 Å². The second-order valence-electron chi connectivity index (χ2n) is 9.15. The van der Waals surface area contributed by atoms with Gasteiger partial charge in [-0.05, 0) is 49.1 Å². The lowest BCUT2D eigenvalue weighted by Crippen LogP contribution is -2.37. The summed E-state index contributed by atoms with van der Waals surface area (Å²) in [6, 6.07) is 3.73. The van der Waals surface area contributed by atoms with Gasteiger partial charge in [0.05, 0.1) is 12.5 Å². The summed E-state index contributed by atoms with van der Waals surface area (Å²) < 4.78 is 35.7. The molecule has 1 fully saturated rings. The van der Waals surface area contributed by atoms with E-state index in [9.17, 15) is 8.42 Å².